The molecule has 2 aromatic carbocycles. The van der Waals surface area contributed by atoms with E-state index in [9.17, 15) is 9.18 Å². The van der Waals surface area contributed by atoms with Gasteiger partial charge in [0.15, 0.2) is 5.76 Å². The van der Waals surface area contributed by atoms with E-state index in [-0.39, 0.29) is 17.5 Å². The van der Waals surface area contributed by atoms with E-state index in [1.165, 1.54) is 12.1 Å². The molecule has 3 nitrogen and oxygen atoms in total. The SMILES string of the molecule is Cc1ccccc1CNC(=O)c1ccc(-c2ccc(F)cc2)o1. The monoisotopic (exact) mass is 309 g/mol. The number of rotatable bonds is 4. The summed E-state index contributed by atoms with van der Waals surface area (Å²) in [5.41, 5.74) is 2.91. The molecule has 1 N–H and O–H groups in total. The summed E-state index contributed by atoms with van der Waals surface area (Å²) < 4.78 is 18.5. The van der Waals surface area contributed by atoms with Crippen molar-refractivity contribution in [1.82, 2.24) is 5.32 Å². The molecule has 0 aliphatic carbocycles. The number of benzene rings is 2. The molecule has 3 rings (SSSR count). The molecule has 0 atom stereocenters. The molecule has 116 valence electrons. The summed E-state index contributed by atoms with van der Waals surface area (Å²) in [5.74, 6) is 0.182. The van der Waals surface area contributed by atoms with Crippen LogP contribution in [0.2, 0.25) is 0 Å². The molecule has 0 unspecified atom stereocenters. The molecule has 1 aromatic heterocycles. The molecular weight excluding hydrogens is 293 g/mol. The molecule has 0 fully saturated rings. The van der Waals surface area contributed by atoms with Gasteiger partial charge in [-0.15, -0.1) is 0 Å². The normalized spacial score (nSPS) is 10.5. The van der Waals surface area contributed by atoms with Crippen LogP contribution in [0.1, 0.15) is 21.7 Å². The quantitative estimate of drug-likeness (QED) is 0.779. The fraction of sp³-hybridized carbons (Fsp3) is 0.105. The molecule has 1 heterocycles. The van der Waals surface area contributed by atoms with Crippen molar-refractivity contribution >= 4 is 5.91 Å². The van der Waals surface area contributed by atoms with Gasteiger partial charge in [0.1, 0.15) is 11.6 Å². The molecule has 0 aliphatic rings. The molecule has 0 saturated carbocycles. The van der Waals surface area contributed by atoms with Gasteiger partial charge in [-0.1, -0.05) is 24.3 Å². The molecule has 23 heavy (non-hydrogen) atoms. The molecule has 0 radical (unpaired) electrons. The van der Waals surface area contributed by atoms with E-state index in [4.69, 9.17) is 4.42 Å². The summed E-state index contributed by atoms with van der Waals surface area (Å²) in [6.45, 7) is 2.44. The van der Waals surface area contributed by atoms with E-state index in [0.717, 1.165) is 16.7 Å². The number of amides is 1. The van der Waals surface area contributed by atoms with Crippen molar-refractivity contribution in [2.45, 2.75) is 13.5 Å². The summed E-state index contributed by atoms with van der Waals surface area (Å²) in [7, 11) is 0. The minimum Gasteiger partial charge on any atom is -0.451 e. The predicted molar refractivity (Wildman–Crippen MR) is 86.5 cm³/mol. The van der Waals surface area contributed by atoms with Gasteiger partial charge in [-0.05, 0) is 54.4 Å². The van der Waals surface area contributed by atoms with Crippen molar-refractivity contribution < 1.29 is 13.6 Å². The first-order valence-corrected chi connectivity index (χ1v) is 7.32. The van der Waals surface area contributed by atoms with E-state index in [1.807, 2.05) is 31.2 Å². The average molecular weight is 309 g/mol. The van der Waals surface area contributed by atoms with Crippen LogP contribution in [0.15, 0.2) is 65.1 Å². The van der Waals surface area contributed by atoms with Crippen LogP contribution in [0.25, 0.3) is 11.3 Å². The summed E-state index contributed by atoms with van der Waals surface area (Å²) in [5, 5.41) is 2.84. The Morgan fingerprint density at radius 1 is 1.04 bits per heavy atom. The van der Waals surface area contributed by atoms with Gasteiger partial charge in [0.25, 0.3) is 5.91 Å². The van der Waals surface area contributed by atoms with Crippen LogP contribution >= 0.6 is 0 Å². The van der Waals surface area contributed by atoms with Gasteiger partial charge in [-0.2, -0.15) is 0 Å². The molecular formula is C19H16FNO2. The van der Waals surface area contributed by atoms with E-state index in [1.54, 1.807) is 24.3 Å². The number of halogens is 1. The lowest BCUT2D eigenvalue weighted by molar-refractivity contribution is 0.0924. The fourth-order valence-electron chi connectivity index (χ4n) is 2.30. The van der Waals surface area contributed by atoms with Crippen molar-refractivity contribution in [3.05, 3.63) is 83.4 Å². The largest absolute Gasteiger partial charge is 0.451 e. The Bertz CT molecular complexity index is 821. The molecule has 3 aromatic rings. The highest BCUT2D eigenvalue weighted by Crippen LogP contribution is 2.22. The first-order valence-electron chi connectivity index (χ1n) is 7.32. The zero-order chi connectivity index (χ0) is 16.2. The molecule has 4 heteroatoms. The van der Waals surface area contributed by atoms with Crippen molar-refractivity contribution in [2.75, 3.05) is 0 Å². The Labute approximate surface area is 133 Å². The lowest BCUT2D eigenvalue weighted by Crippen LogP contribution is -2.22. The van der Waals surface area contributed by atoms with E-state index < -0.39 is 0 Å². The van der Waals surface area contributed by atoms with Crippen LogP contribution in [0.4, 0.5) is 4.39 Å². The van der Waals surface area contributed by atoms with E-state index >= 15 is 0 Å². The average Bonchev–Trinajstić information content (AvgIpc) is 3.04. The highest BCUT2D eigenvalue weighted by Gasteiger charge is 2.12. The number of furan rings is 1. The van der Waals surface area contributed by atoms with Crippen LogP contribution in [0.5, 0.6) is 0 Å². The van der Waals surface area contributed by atoms with Crippen molar-refractivity contribution in [1.29, 1.82) is 0 Å². The molecule has 0 saturated heterocycles. The van der Waals surface area contributed by atoms with Crippen molar-refractivity contribution in [3.8, 4) is 11.3 Å². The smallest absolute Gasteiger partial charge is 0.287 e. The molecule has 0 aliphatic heterocycles. The minimum atomic E-state index is -0.309. The first kappa shape index (κ1) is 15.0. The number of hydrogen-bond donors (Lipinski definition) is 1. The van der Waals surface area contributed by atoms with Gasteiger partial charge in [0.2, 0.25) is 0 Å². The lowest BCUT2D eigenvalue weighted by Gasteiger charge is -2.06. The van der Waals surface area contributed by atoms with Gasteiger partial charge in [-0.25, -0.2) is 4.39 Å². The number of carbonyl (C=O) groups excluding carboxylic acids is 1. The Balaban J connectivity index is 1.69. The summed E-state index contributed by atoms with van der Waals surface area (Å²) in [6, 6.07) is 17.1. The third-order valence-corrected chi connectivity index (χ3v) is 3.66. The molecule has 0 bridgehead atoms. The Hall–Kier alpha value is -2.88. The van der Waals surface area contributed by atoms with Crippen molar-refractivity contribution in [2.24, 2.45) is 0 Å². The lowest BCUT2D eigenvalue weighted by atomic mass is 10.1. The van der Waals surface area contributed by atoms with Gasteiger partial charge >= 0.3 is 0 Å². The Morgan fingerprint density at radius 2 is 1.78 bits per heavy atom. The van der Waals surface area contributed by atoms with Crippen LogP contribution in [0, 0.1) is 12.7 Å². The van der Waals surface area contributed by atoms with E-state index in [2.05, 4.69) is 5.32 Å². The maximum absolute atomic E-state index is 12.9. The molecule has 1 amide bonds. The maximum atomic E-state index is 12.9. The predicted octanol–water partition coefficient (Wildman–Crippen LogP) is 4.32. The topological polar surface area (TPSA) is 42.2 Å². The number of aryl methyl sites for hydroxylation is 1. The number of carbonyl (C=O) groups is 1. The Kier molecular flexibility index (Phi) is 4.24. The van der Waals surface area contributed by atoms with Crippen LogP contribution < -0.4 is 5.32 Å². The van der Waals surface area contributed by atoms with Crippen molar-refractivity contribution in [3.63, 3.8) is 0 Å². The fourth-order valence-corrected chi connectivity index (χ4v) is 2.30. The maximum Gasteiger partial charge on any atom is 0.287 e. The highest BCUT2D eigenvalue weighted by molar-refractivity contribution is 5.92. The van der Waals surface area contributed by atoms with Gasteiger partial charge in [-0.3, -0.25) is 4.79 Å². The summed E-state index contributed by atoms with van der Waals surface area (Å²) in [4.78, 5) is 12.2. The molecule has 0 spiro atoms. The zero-order valence-corrected chi connectivity index (χ0v) is 12.7. The van der Waals surface area contributed by atoms with Crippen LogP contribution in [0.3, 0.4) is 0 Å². The van der Waals surface area contributed by atoms with Crippen LogP contribution in [-0.4, -0.2) is 5.91 Å². The summed E-state index contributed by atoms with van der Waals surface area (Å²) in [6.07, 6.45) is 0. The second-order valence-corrected chi connectivity index (χ2v) is 5.28. The number of nitrogens with one attached hydrogen (secondary N) is 1. The zero-order valence-electron chi connectivity index (χ0n) is 12.7. The Morgan fingerprint density at radius 3 is 2.52 bits per heavy atom. The minimum absolute atomic E-state index is 0.234. The van der Waals surface area contributed by atoms with Gasteiger partial charge in [0, 0.05) is 12.1 Å². The highest BCUT2D eigenvalue weighted by atomic mass is 19.1. The standard InChI is InChI=1S/C19H16FNO2/c1-13-4-2-3-5-15(13)12-21-19(22)18-11-10-17(23-18)14-6-8-16(20)9-7-14/h2-11H,12H2,1H3,(H,21,22). The van der Waals surface area contributed by atoms with Gasteiger partial charge < -0.3 is 9.73 Å². The second kappa shape index (κ2) is 6.48. The van der Waals surface area contributed by atoms with Gasteiger partial charge in [0.05, 0.1) is 0 Å². The first-order chi connectivity index (χ1) is 11.1. The second-order valence-electron chi connectivity index (χ2n) is 5.28. The number of hydrogen-bond acceptors (Lipinski definition) is 2. The third-order valence-electron chi connectivity index (χ3n) is 3.66. The van der Waals surface area contributed by atoms with E-state index in [0.29, 0.717) is 12.3 Å². The van der Waals surface area contributed by atoms with Crippen LogP contribution in [-0.2, 0) is 6.54 Å². The third kappa shape index (κ3) is 3.48. The summed E-state index contributed by atoms with van der Waals surface area (Å²) >= 11 is 0.